The number of ether oxygens (including phenoxy) is 1. The molecule has 0 bridgehead atoms. The fourth-order valence-electron chi connectivity index (χ4n) is 3.83. The lowest BCUT2D eigenvalue weighted by molar-refractivity contribution is -0.138. The summed E-state index contributed by atoms with van der Waals surface area (Å²) in [5, 5.41) is 21.2. The summed E-state index contributed by atoms with van der Waals surface area (Å²) in [4.78, 5) is 34.9. The molecule has 1 aromatic heterocycles. The average molecular weight is 504 g/mol. The number of hydrogen-bond acceptors (Lipinski definition) is 5. The van der Waals surface area contributed by atoms with Crippen LogP contribution in [0.15, 0.2) is 30.3 Å². The van der Waals surface area contributed by atoms with Crippen LogP contribution in [-0.2, 0) is 14.4 Å². The number of anilines is 1. The molecule has 0 unspecified atom stereocenters. The Morgan fingerprint density at radius 2 is 1.34 bits per heavy atom. The molecule has 0 aliphatic rings. The smallest absolute Gasteiger partial charge is 0.303 e. The number of amides is 1. The number of benzene rings is 1. The van der Waals surface area contributed by atoms with Crippen LogP contribution < -0.4 is 10.1 Å². The molecule has 2 aromatic rings. The molecule has 0 radical (unpaired) electrons. The van der Waals surface area contributed by atoms with Crippen LogP contribution in [0.1, 0.15) is 82.6 Å². The van der Waals surface area contributed by atoms with Crippen LogP contribution in [-0.4, -0.2) is 34.7 Å². The van der Waals surface area contributed by atoms with Gasteiger partial charge in [0.05, 0.1) is 6.61 Å². The van der Waals surface area contributed by atoms with Crippen LogP contribution in [0.5, 0.6) is 5.75 Å². The Labute approximate surface area is 211 Å². The third kappa shape index (κ3) is 10.9. The molecule has 1 aromatic carbocycles. The Kier molecular flexibility index (Phi) is 12.9. The Morgan fingerprint density at radius 3 is 1.94 bits per heavy atom. The van der Waals surface area contributed by atoms with Crippen molar-refractivity contribution < 1.29 is 29.3 Å². The minimum absolute atomic E-state index is 0.0404. The van der Waals surface area contributed by atoms with E-state index >= 15 is 0 Å². The number of hydrogen-bond donors (Lipinski definition) is 3. The van der Waals surface area contributed by atoms with Crippen molar-refractivity contribution >= 4 is 34.2 Å². The molecule has 8 heteroatoms. The maximum atomic E-state index is 12.6. The molecule has 2 rings (SSSR count). The minimum Gasteiger partial charge on any atom is -0.490 e. The number of rotatable bonds is 18. The van der Waals surface area contributed by atoms with E-state index in [2.05, 4.69) is 5.32 Å². The van der Waals surface area contributed by atoms with Gasteiger partial charge in [-0.2, -0.15) is 0 Å². The lowest BCUT2D eigenvalue weighted by Crippen LogP contribution is -2.11. The van der Waals surface area contributed by atoms with Crippen molar-refractivity contribution in [3.05, 3.63) is 35.9 Å². The van der Waals surface area contributed by atoms with Gasteiger partial charge in [-0.05, 0) is 31.7 Å². The van der Waals surface area contributed by atoms with Crippen molar-refractivity contribution in [1.82, 2.24) is 0 Å². The lowest BCUT2D eigenvalue weighted by atomic mass is 10.1. The quantitative estimate of drug-likeness (QED) is 0.191. The molecule has 0 aliphatic heterocycles. The van der Waals surface area contributed by atoms with E-state index in [0.717, 1.165) is 67.4 Å². The van der Waals surface area contributed by atoms with E-state index in [1.54, 1.807) is 0 Å². The first-order valence-electron chi connectivity index (χ1n) is 12.4. The summed E-state index contributed by atoms with van der Waals surface area (Å²) in [7, 11) is 0. The number of aliphatic carboxylic acids is 2. The van der Waals surface area contributed by atoms with Crippen molar-refractivity contribution in [1.29, 1.82) is 0 Å². The van der Waals surface area contributed by atoms with Gasteiger partial charge in [0.2, 0.25) is 5.91 Å². The zero-order valence-electron chi connectivity index (χ0n) is 20.5. The highest BCUT2D eigenvalue weighted by Gasteiger charge is 2.19. The number of carbonyl (C=O) groups is 3. The van der Waals surface area contributed by atoms with E-state index in [1.807, 2.05) is 37.3 Å². The highest BCUT2D eigenvalue weighted by atomic mass is 32.1. The van der Waals surface area contributed by atoms with E-state index in [1.165, 1.54) is 11.3 Å². The van der Waals surface area contributed by atoms with Gasteiger partial charge in [0.15, 0.2) is 5.75 Å². The summed E-state index contributed by atoms with van der Waals surface area (Å²) < 4.78 is 5.93. The first-order chi connectivity index (χ1) is 16.9. The third-order valence-corrected chi connectivity index (χ3v) is 6.94. The van der Waals surface area contributed by atoms with Crippen molar-refractivity contribution in [3.63, 3.8) is 0 Å². The Bertz CT molecular complexity index is 941. The second-order valence-corrected chi connectivity index (χ2v) is 9.72. The topological polar surface area (TPSA) is 113 Å². The Hall–Kier alpha value is -2.87. The van der Waals surface area contributed by atoms with Gasteiger partial charge in [0.25, 0.3) is 0 Å². The van der Waals surface area contributed by atoms with Gasteiger partial charge in [-0.3, -0.25) is 14.4 Å². The van der Waals surface area contributed by atoms with Gasteiger partial charge in [-0.25, -0.2) is 0 Å². The Balaban J connectivity index is 1.82. The van der Waals surface area contributed by atoms with Crippen LogP contribution in [0.3, 0.4) is 0 Å². The zero-order valence-corrected chi connectivity index (χ0v) is 21.3. The normalized spacial score (nSPS) is 10.8. The molecule has 0 fully saturated rings. The van der Waals surface area contributed by atoms with Gasteiger partial charge in [-0.1, -0.05) is 68.9 Å². The number of carboxylic acid groups (broad SMARTS) is 2. The summed E-state index contributed by atoms with van der Waals surface area (Å²) in [5.74, 6) is -1.01. The molecule has 0 saturated carbocycles. The van der Waals surface area contributed by atoms with Gasteiger partial charge in [0, 0.05) is 29.7 Å². The number of thiophene rings is 1. The predicted molar refractivity (Wildman–Crippen MR) is 139 cm³/mol. The molecule has 0 aliphatic carbocycles. The molecular formula is C27H37NO6S. The minimum atomic E-state index is -0.854. The van der Waals surface area contributed by atoms with Crippen LogP contribution >= 0.6 is 11.3 Å². The highest BCUT2D eigenvalue weighted by molar-refractivity contribution is 7.20. The predicted octanol–water partition coefficient (Wildman–Crippen LogP) is 6.89. The molecule has 1 heterocycles. The standard InChI is InChI=1S/C27H37NO6S/c1-20-25(34-19-13-18-24(32)33)27(35-26(20)21-14-9-8-10-15-21)28-22(29)16-11-6-4-2-3-5-7-12-17-23(30)31/h8-10,14-15H,2-7,11-13,16-19H2,1H3,(H,28,29)(H,30,31)(H,32,33). The number of unbranched alkanes of at least 4 members (excludes halogenated alkanes) is 7. The maximum absolute atomic E-state index is 12.6. The first-order valence-corrected chi connectivity index (χ1v) is 13.2. The van der Waals surface area contributed by atoms with Gasteiger partial charge in [0.1, 0.15) is 5.00 Å². The number of carbonyl (C=O) groups excluding carboxylic acids is 1. The average Bonchev–Trinajstić information content (AvgIpc) is 3.13. The molecule has 1 amide bonds. The largest absolute Gasteiger partial charge is 0.490 e. The Morgan fingerprint density at radius 1 is 0.800 bits per heavy atom. The van der Waals surface area contributed by atoms with E-state index in [9.17, 15) is 14.4 Å². The number of nitrogens with one attached hydrogen (secondary N) is 1. The second kappa shape index (κ2) is 15.9. The van der Waals surface area contributed by atoms with Crippen molar-refractivity contribution in [2.24, 2.45) is 0 Å². The van der Waals surface area contributed by atoms with Crippen LogP contribution in [0.25, 0.3) is 10.4 Å². The lowest BCUT2D eigenvalue weighted by Gasteiger charge is -2.09. The van der Waals surface area contributed by atoms with Crippen LogP contribution in [0.2, 0.25) is 0 Å². The van der Waals surface area contributed by atoms with Gasteiger partial charge >= 0.3 is 11.9 Å². The maximum Gasteiger partial charge on any atom is 0.303 e. The van der Waals surface area contributed by atoms with Crippen LogP contribution in [0.4, 0.5) is 5.00 Å². The molecule has 192 valence electrons. The molecule has 3 N–H and O–H groups in total. The molecule has 7 nitrogen and oxygen atoms in total. The van der Waals surface area contributed by atoms with Gasteiger partial charge in [-0.15, -0.1) is 11.3 Å². The summed E-state index contributed by atoms with van der Waals surface area (Å²) in [6, 6.07) is 9.93. The third-order valence-electron chi connectivity index (χ3n) is 5.71. The summed E-state index contributed by atoms with van der Waals surface area (Å²) in [6.45, 7) is 2.24. The van der Waals surface area contributed by atoms with Gasteiger partial charge < -0.3 is 20.3 Å². The monoisotopic (exact) mass is 503 g/mol. The summed E-state index contributed by atoms with van der Waals surface area (Å²) in [6.07, 6.45) is 8.97. The van der Waals surface area contributed by atoms with E-state index in [0.29, 0.717) is 23.6 Å². The fraction of sp³-hybridized carbons (Fsp3) is 0.519. The zero-order chi connectivity index (χ0) is 25.5. The highest BCUT2D eigenvalue weighted by Crippen LogP contribution is 2.45. The SMILES string of the molecule is Cc1c(-c2ccccc2)sc(NC(=O)CCCCCCCCCCC(=O)O)c1OCCCC(=O)O. The van der Waals surface area contributed by atoms with Crippen LogP contribution in [0, 0.1) is 6.92 Å². The fourth-order valence-corrected chi connectivity index (χ4v) is 5.00. The molecule has 0 saturated heterocycles. The first kappa shape index (κ1) is 28.4. The summed E-state index contributed by atoms with van der Waals surface area (Å²) in [5.41, 5.74) is 1.99. The number of carboxylic acids is 2. The van der Waals surface area contributed by atoms with E-state index in [4.69, 9.17) is 14.9 Å². The summed E-state index contributed by atoms with van der Waals surface area (Å²) >= 11 is 1.48. The molecular weight excluding hydrogens is 466 g/mol. The molecule has 0 spiro atoms. The second-order valence-electron chi connectivity index (χ2n) is 8.70. The van der Waals surface area contributed by atoms with E-state index in [-0.39, 0.29) is 25.4 Å². The molecule has 0 atom stereocenters. The molecule has 35 heavy (non-hydrogen) atoms. The van der Waals surface area contributed by atoms with E-state index < -0.39 is 11.9 Å². The van der Waals surface area contributed by atoms with Crippen molar-refractivity contribution in [2.45, 2.75) is 84.0 Å². The van der Waals surface area contributed by atoms with Crippen molar-refractivity contribution in [2.75, 3.05) is 11.9 Å². The van der Waals surface area contributed by atoms with Crippen molar-refractivity contribution in [3.8, 4) is 16.2 Å².